The van der Waals surface area contributed by atoms with Crippen molar-refractivity contribution in [2.24, 2.45) is 0 Å². The van der Waals surface area contributed by atoms with E-state index in [1.165, 1.54) is 33.5 Å². The van der Waals surface area contributed by atoms with Crippen molar-refractivity contribution < 1.29 is 28.6 Å². The maximum atomic E-state index is 11.9. The first kappa shape index (κ1) is 18.6. The lowest BCUT2D eigenvalue weighted by atomic mass is 9.96. The molecule has 0 bridgehead atoms. The fourth-order valence-corrected chi connectivity index (χ4v) is 1.56. The molecule has 0 aliphatic rings. The van der Waals surface area contributed by atoms with Gasteiger partial charge in [-0.3, -0.25) is 0 Å². The Bertz CT molecular complexity index is 522. The largest absolute Gasteiger partial charge is 0.466 e. The van der Waals surface area contributed by atoms with Crippen LogP contribution in [0, 0.1) is 0 Å². The molecule has 0 aliphatic carbocycles. The average molecular weight is 296 g/mol. The molecule has 0 N–H and O–H groups in total. The summed E-state index contributed by atoms with van der Waals surface area (Å²) in [7, 11) is 3.73. The minimum absolute atomic E-state index is 0.195. The van der Waals surface area contributed by atoms with Crippen molar-refractivity contribution in [2.75, 3.05) is 21.3 Å². The lowest BCUT2D eigenvalue weighted by molar-refractivity contribution is -0.136. The van der Waals surface area contributed by atoms with E-state index in [9.17, 15) is 14.4 Å². The fraction of sp³-hybridized carbons (Fsp3) is 0.400. The molecule has 0 amide bonds. The van der Waals surface area contributed by atoms with Crippen LogP contribution in [0.3, 0.4) is 0 Å². The third kappa shape index (κ3) is 5.64. The molecule has 6 heteroatoms. The monoisotopic (exact) mass is 296 g/mol. The molecule has 0 rings (SSSR count). The van der Waals surface area contributed by atoms with Crippen LogP contribution in [-0.4, -0.2) is 39.2 Å². The second-order valence-electron chi connectivity index (χ2n) is 4.19. The molecule has 21 heavy (non-hydrogen) atoms. The zero-order valence-electron chi connectivity index (χ0n) is 13.1. The molecule has 0 radical (unpaired) electrons. The molecule has 0 aromatic rings. The predicted molar refractivity (Wildman–Crippen MR) is 76.3 cm³/mol. The van der Waals surface area contributed by atoms with Crippen LogP contribution in [0.1, 0.15) is 20.8 Å². The molecule has 0 unspecified atom stereocenters. The molecule has 0 saturated heterocycles. The normalized spacial score (nSPS) is 13.2. The van der Waals surface area contributed by atoms with Crippen molar-refractivity contribution in [3.63, 3.8) is 0 Å². The smallest absolute Gasteiger partial charge is 0.338 e. The predicted octanol–water partition coefficient (Wildman–Crippen LogP) is 1.71. The summed E-state index contributed by atoms with van der Waals surface area (Å²) in [6, 6.07) is 0. The molecule has 0 aromatic heterocycles. The highest BCUT2D eigenvalue weighted by Crippen LogP contribution is 2.22. The third-order valence-electron chi connectivity index (χ3n) is 2.82. The number of ether oxygens (including phenoxy) is 3. The molecular formula is C15H20O6. The number of hydrogen-bond acceptors (Lipinski definition) is 6. The van der Waals surface area contributed by atoms with Crippen molar-refractivity contribution in [3.05, 3.63) is 34.4 Å². The third-order valence-corrected chi connectivity index (χ3v) is 2.82. The van der Waals surface area contributed by atoms with Crippen LogP contribution in [0.4, 0.5) is 0 Å². The van der Waals surface area contributed by atoms with E-state index < -0.39 is 17.9 Å². The zero-order valence-corrected chi connectivity index (χ0v) is 13.1. The van der Waals surface area contributed by atoms with Crippen LogP contribution >= 0.6 is 0 Å². The van der Waals surface area contributed by atoms with E-state index in [4.69, 9.17) is 4.74 Å². The minimum Gasteiger partial charge on any atom is -0.466 e. The van der Waals surface area contributed by atoms with E-state index in [0.717, 1.165) is 0 Å². The lowest BCUT2D eigenvalue weighted by Crippen LogP contribution is -2.11. The summed E-state index contributed by atoms with van der Waals surface area (Å²) in [5, 5.41) is 0. The van der Waals surface area contributed by atoms with Gasteiger partial charge in [0.15, 0.2) is 0 Å². The first-order valence-corrected chi connectivity index (χ1v) is 6.10. The number of esters is 3. The second-order valence-corrected chi connectivity index (χ2v) is 4.19. The fourth-order valence-electron chi connectivity index (χ4n) is 1.56. The summed E-state index contributed by atoms with van der Waals surface area (Å²) in [4.78, 5) is 34.5. The number of hydrogen-bond donors (Lipinski definition) is 0. The van der Waals surface area contributed by atoms with Gasteiger partial charge in [0.1, 0.15) is 0 Å². The summed E-state index contributed by atoms with van der Waals surface area (Å²) in [6.07, 6.45) is 2.44. The van der Waals surface area contributed by atoms with Gasteiger partial charge in [-0.1, -0.05) is 0 Å². The highest BCUT2D eigenvalue weighted by Gasteiger charge is 2.18. The first-order valence-electron chi connectivity index (χ1n) is 6.10. The summed E-state index contributed by atoms with van der Waals surface area (Å²) >= 11 is 0. The van der Waals surface area contributed by atoms with E-state index in [1.807, 2.05) is 0 Å². The summed E-state index contributed by atoms with van der Waals surface area (Å²) in [6.45, 7) is 4.88. The van der Waals surface area contributed by atoms with Gasteiger partial charge in [-0.15, -0.1) is 0 Å². The van der Waals surface area contributed by atoms with Gasteiger partial charge < -0.3 is 14.2 Å². The highest BCUT2D eigenvalue weighted by atomic mass is 16.5. The highest BCUT2D eigenvalue weighted by molar-refractivity contribution is 5.97. The van der Waals surface area contributed by atoms with E-state index >= 15 is 0 Å². The van der Waals surface area contributed by atoms with Gasteiger partial charge in [0.2, 0.25) is 0 Å². The molecule has 0 heterocycles. The van der Waals surface area contributed by atoms with Gasteiger partial charge in [-0.05, 0) is 37.5 Å². The molecule has 6 nitrogen and oxygen atoms in total. The van der Waals surface area contributed by atoms with Crippen LogP contribution in [0.25, 0.3) is 0 Å². The first-order chi connectivity index (χ1) is 9.78. The molecular weight excluding hydrogens is 276 g/mol. The Morgan fingerprint density at radius 1 is 0.714 bits per heavy atom. The van der Waals surface area contributed by atoms with Crippen molar-refractivity contribution >= 4 is 17.9 Å². The van der Waals surface area contributed by atoms with Crippen LogP contribution in [0.15, 0.2) is 34.4 Å². The van der Waals surface area contributed by atoms with Gasteiger partial charge in [-0.25, -0.2) is 14.4 Å². The van der Waals surface area contributed by atoms with Gasteiger partial charge >= 0.3 is 17.9 Å². The maximum Gasteiger partial charge on any atom is 0.338 e. The molecule has 0 fully saturated rings. The molecule has 116 valence electrons. The van der Waals surface area contributed by atoms with Gasteiger partial charge in [0, 0.05) is 12.2 Å². The Labute approximate surface area is 124 Å². The Kier molecular flexibility index (Phi) is 7.75. The number of carbonyl (C=O) groups excluding carboxylic acids is 3. The quantitative estimate of drug-likeness (QED) is 0.332. The van der Waals surface area contributed by atoms with Crippen molar-refractivity contribution in [1.82, 2.24) is 0 Å². The molecule has 0 saturated carbocycles. The number of carbonyl (C=O) groups is 3. The van der Waals surface area contributed by atoms with Gasteiger partial charge in [0.25, 0.3) is 0 Å². The van der Waals surface area contributed by atoms with E-state index in [2.05, 4.69) is 9.47 Å². The average Bonchev–Trinajstić information content (AvgIpc) is 2.46. The number of rotatable bonds is 5. The summed E-state index contributed by atoms with van der Waals surface area (Å²) < 4.78 is 13.8. The van der Waals surface area contributed by atoms with Crippen molar-refractivity contribution in [1.29, 1.82) is 0 Å². The van der Waals surface area contributed by atoms with E-state index in [1.54, 1.807) is 20.8 Å². The minimum atomic E-state index is -0.609. The molecule has 0 aliphatic heterocycles. The van der Waals surface area contributed by atoms with Gasteiger partial charge in [0.05, 0.1) is 26.9 Å². The Morgan fingerprint density at radius 3 is 1.52 bits per heavy atom. The lowest BCUT2D eigenvalue weighted by Gasteiger charge is -2.11. The molecule has 0 atom stereocenters. The Hall–Kier alpha value is -2.37. The number of allylic oxidation sites excluding steroid dienone is 2. The topological polar surface area (TPSA) is 78.9 Å². The zero-order chi connectivity index (χ0) is 16.6. The Balaban J connectivity index is 5.91. The molecule has 0 spiro atoms. The SMILES string of the molecule is COC(=O)\C=C(C)/C(C)=C(C(=O)OC)/C(C)=C\C(=O)OC. The van der Waals surface area contributed by atoms with Crippen molar-refractivity contribution in [2.45, 2.75) is 20.8 Å². The van der Waals surface area contributed by atoms with Gasteiger partial charge in [-0.2, -0.15) is 0 Å². The second kappa shape index (κ2) is 8.73. The van der Waals surface area contributed by atoms with E-state index in [-0.39, 0.29) is 5.57 Å². The number of methoxy groups -OCH3 is 3. The van der Waals surface area contributed by atoms with Crippen LogP contribution in [0.2, 0.25) is 0 Å². The standard InChI is InChI=1S/C15H20O6/c1-9(7-12(16)19-4)11(3)14(15(18)21-6)10(2)8-13(17)20-5/h7-8H,1-6H3/b9-7-,10-8-,14-11-. The molecule has 0 aromatic carbocycles. The van der Waals surface area contributed by atoms with E-state index in [0.29, 0.717) is 16.7 Å². The van der Waals surface area contributed by atoms with Crippen LogP contribution in [0.5, 0.6) is 0 Å². The maximum absolute atomic E-state index is 11.9. The Morgan fingerprint density at radius 2 is 1.14 bits per heavy atom. The van der Waals surface area contributed by atoms with Crippen molar-refractivity contribution in [3.8, 4) is 0 Å². The van der Waals surface area contributed by atoms with Crippen LogP contribution < -0.4 is 0 Å². The van der Waals surface area contributed by atoms with Crippen LogP contribution in [-0.2, 0) is 28.6 Å². The summed E-state index contributed by atoms with van der Waals surface area (Å²) in [5.74, 6) is -1.73. The summed E-state index contributed by atoms with van der Waals surface area (Å²) in [5.41, 5.74) is 1.61.